The number of aliphatic hydroxyl groups excluding tert-OH is 1. The molecule has 4 heteroatoms. The van der Waals surface area contributed by atoms with Crippen LogP contribution in [0, 0.1) is 5.92 Å². The van der Waals surface area contributed by atoms with Gasteiger partial charge >= 0.3 is 5.97 Å². The van der Waals surface area contributed by atoms with Crippen molar-refractivity contribution in [2.45, 2.75) is 187 Å². The van der Waals surface area contributed by atoms with Crippen LogP contribution in [0.2, 0.25) is 0 Å². The summed E-state index contributed by atoms with van der Waals surface area (Å²) in [5, 5.41) is 9.50. The van der Waals surface area contributed by atoms with Gasteiger partial charge in [-0.2, -0.15) is 0 Å². The first-order valence-corrected chi connectivity index (χ1v) is 18.9. The molecular formula is C40H70O4. The highest BCUT2D eigenvalue weighted by molar-refractivity contribution is 5.78. The summed E-state index contributed by atoms with van der Waals surface area (Å²) in [5.74, 6) is 1.01. The quantitative estimate of drug-likeness (QED) is 0.0647. The maximum absolute atomic E-state index is 12.4. The Morgan fingerprint density at radius 3 is 1.68 bits per heavy atom. The van der Waals surface area contributed by atoms with E-state index >= 15 is 0 Å². The molecule has 0 radical (unpaired) electrons. The molecule has 254 valence electrons. The lowest BCUT2D eigenvalue weighted by atomic mass is 9.91. The summed E-state index contributed by atoms with van der Waals surface area (Å²) in [6.45, 7) is 5.34. The molecule has 0 saturated heterocycles. The van der Waals surface area contributed by atoms with E-state index in [9.17, 15) is 14.7 Å². The number of benzene rings is 1. The molecule has 1 unspecified atom stereocenters. The minimum atomic E-state index is -0.0254. The summed E-state index contributed by atoms with van der Waals surface area (Å²) in [5.41, 5.74) is 2.70. The smallest absolute Gasteiger partial charge is 0.305 e. The second-order valence-electron chi connectivity index (χ2n) is 13.3. The van der Waals surface area contributed by atoms with Crippen molar-refractivity contribution in [3.05, 3.63) is 35.4 Å². The van der Waals surface area contributed by atoms with Gasteiger partial charge in [-0.05, 0) is 62.0 Å². The second-order valence-corrected chi connectivity index (χ2v) is 13.3. The Morgan fingerprint density at radius 1 is 0.568 bits per heavy atom. The minimum absolute atomic E-state index is 0.0254. The second kappa shape index (κ2) is 30.0. The fraction of sp³-hybridized carbons (Fsp3) is 0.800. The lowest BCUT2D eigenvalue weighted by Gasteiger charge is -2.15. The molecule has 0 bridgehead atoms. The molecule has 44 heavy (non-hydrogen) atoms. The number of carbonyl (C=O) groups excluding carboxylic acids is 2. The third kappa shape index (κ3) is 24.6. The molecule has 0 saturated carbocycles. The molecule has 4 nitrogen and oxygen atoms in total. The van der Waals surface area contributed by atoms with E-state index < -0.39 is 0 Å². The molecule has 1 aromatic carbocycles. The fourth-order valence-corrected chi connectivity index (χ4v) is 6.13. The molecule has 0 spiro atoms. The normalized spacial score (nSPS) is 12.0. The van der Waals surface area contributed by atoms with Crippen LogP contribution in [0.1, 0.15) is 185 Å². The van der Waals surface area contributed by atoms with Gasteiger partial charge in [0, 0.05) is 25.9 Å². The minimum Gasteiger partial charge on any atom is -0.466 e. The molecule has 0 aliphatic carbocycles. The fourth-order valence-electron chi connectivity index (χ4n) is 6.13. The van der Waals surface area contributed by atoms with Crippen molar-refractivity contribution in [2.24, 2.45) is 5.92 Å². The lowest BCUT2D eigenvalue weighted by Crippen LogP contribution is -2.05. The van der Waals surface area contributed by atoms with Crippen LogP contribution in [-0.4, -0.2) is 30.1 Å². The van der Waals surface area contributed by atoms with Gasteiger partial charge in [-0.15, -0.1) is 0 Å². The number of hydrogen-bond donors (Lipinski definition) is 1. The Labute approximate surface area is 272 Å². The molecule has 0 aliphatic rings. The van der Waals surface area contributed by atoms with Crippen LogP contribution < -0.4 is 0 Å². The van der Waals surface area contributed by atoms with Gasteiger partial charge in [0.05, 0.1) is 6.61 Å². The summed E-state index contributed by atoms with van der Waals surface area (Å²) >= 11 is 0. The third-order valence-electron chi connectivity index (χ3n) is 9.14. The number of carbonyl (C=O) groups is 2. The lowest BCUT2D eigenvalue weighted by molar-refractivity contribution is -0.143. The zero-order valence-corrected chi connectivity index (χ0v) is 29.1. The van der Waals surface area contributed by atoms with E-state index in [4.69, 9.17) is 4.74 Å². The van der Waals surface area contributed by atoms with Gasteiger partial charge in [0.1, 0.15) is 5.78 Å². The van der Waals surface area contributed by atoms with Crippen LogP contribution in [-0.2, 0) is 27.2 Å². The number of aryl methyl sites for hydroxylation is 2. The van der Waals surface area contributed by atoms with Gasteiger partial charge in [-0.25, -0.2) is 0 Å². The average Bonchev–Trinajstić information content (AvgIpc) is 3.03. The molecule has 1 rings (SSSR count). The maximum atomic E-state index is 12.4. The van der Waals surface area contributed by atoms with Crippen molar-refractivity contribution >= 4 is 11.8 Å². The van der Waals surface area contributed by atoms with Crippen LogP contribution in [0.4, 0.5) is 0 Å². The van der Waals surface area contributed by atoms with Crippen LogP contribution >= 0.6 is 0 Å². The van der Waals surface area contributed by atoms with Gasteiger partial charge < -0.3 is 9.84 Å². The number of rotatable bonds is 32. The number of hydrogen-bond acceptors (Lipinski definition) is 4. The van der Waals surface area contributed by atoms with Crippen molar-refractivity contribution in [2.75, 3.05) is 13.2 Å². The molecule has 1 aromatic rings. The Morgan fingerprint density at radius 2 is 1.07 bits per heavy atom. The predicted octanol–water partition coefficient (Wildman–Crippen LogP) is 11.3. The molecule has 0 aliphatic heterocycles. The number of ketones is 1. The summed E-state index contributed by atoms with van der Waals surface area (Å²) in [7, 11) is 0. The van der Waals surface area contributed by atoms with Crippen molar-refractivity contribution in [3.8, 4) is 0 Å². The third-order valence-corrected chi connectivity index (χ3v) is 9.14. The highest BCUT2D eigenvalue weighted by atomic mass is 16.5. The Balaban J connectivity index is 1.97. The standard InChI is InChI=1S/C40H70O4/c1-3-5-7-8-15-21-35-44-40(43)26-20-14-10-12-18-24-36(33-34-41)23-17-11-9-13-19-25-39(42)32-31-38-29-27-37(28-30-38)22-16-6-4-2/h27-30,36,41H,3-26,31-35H2,1-2H3. The number of esters is 1. The van der Waals surface area contributed by atoms with Crippen LogP contribution in [0.15, 0.2) is 24.3 Å². The first kappa shape index (κ1) is 40.3. The van der Waals surface area contributed by atoms with Crippen LogP contribution in [0.3, 0.4) is 0 Å². The highest BCUT2D eigenvalue weighted by Gasteiger charge is 2.09. The number of Topliss-reactive ketones (excluding diaryl/α,β-unsaturated/α-hetero) is 1. The first-order chi connectivity index (χ1) is 21.6. The number of ether oxygens (including phenoxy) is 1. The largest absolute Gasteiger partial charge is 0.466 e. The van der Waals surface area contributed by atoms with Gasteiger partial charge in [0.25, 0.3) is 0 Å². The molecule has 0 heterocycles. The van der Waals surface area contributed by atoms with E-state index in [1.54, 1.807) is 0 Å². The summed E-state index contributed by atoms with van der Waals surface area (Å²) in [6, 6.07) is 8.89. The van der Waals surface area contributed by atoms with Crippen molar-refractivity contribution < 1.29 is 19.4 Å². The van der Waals surface area contributed by atoms with Crippen molar-refractivity contribution in [1.29, 1.82) is 0 Å². The predicted molar refractivity (Wildman–Crippen MR) is 187 cm³/mol. The van der Waals surface area contributed by atoms with Gasteiger partial charge in [0.15, 0.2) is 0 Å². The summed E-state index contributed by atoms with van der Waals surface area (Å²) in [4.78, 5) is 24.3. The first-order valence-electron chi connectivity index (χ1n) is 18.9. The van der Waals surface area contributed by atoms with Crippen LogP contribution in [0.25, 0.3) is 0 Å². The van der Waals surface area contributed by atoms with E-state index in [0.29, 0.717) is 31.1 Å². The number of unbranched alkanes of at least 4 members (excludes halogenated alkanes) is 15. The molecule has 0 amide bonds. The van der Waals surface area contributed by atoms with Gasteiger partial charge in [-0.1, -0.05) is 147 Å². The zero-order chi connectivity index (χ0) is 31.9. The maximum Gasteiger partial charge on any atom is 0.305 e. The number of aliphatic hydroxyl groups is 1. The van der Waals surface area contributed by atoms with Crippen molar-refractivity contribution in [3.63, 3.8) is 0 Å². The Bertz CT molecular complexity index is 787. The highest BCUT2D eigenvalue weighted by Crippen LogP contribution is 2.22. The zero-order valence-electron chi connectivity index (χ0n) is 29.1. The van der Waals surface area contributed by atoms with E-state index in [0.717, 1.165) is 57.8 Å². The Hall–Kier alpha value is -1.68. The van der Waals surface area contributed by atoms with E-state index in [1.807, 2.05) is 0 Å². The van der Waals surface area contributed by atoms with Gasteiger partial charge in [-0.3, -0.25) is 9.59 Å². The van der Waals surface area contributed by atoms with Gasteiger partial charge in [0.2, 0.25) is 0 Å². The summed E-state index contributed by atoms with van der Waals surface area (Å²) < 4.78 is 5.37. The van der Waals surface area contributed by atoms with E-state index in [1.165, 1.54) is 114 Å². The van der Waals surface area contributed by atoms with E-state index in [-0.39, 0.29) is 12.6 Å². The molecule has 0 aromatic heterocycles. The van der Waals surface area contributed by atoms with E-state index in [2.05, 4.69) is 38.1 Å². The van der Waals surface area contributed by atoms with Crippen molar-refractivity contribution in [1.82, 2.24) is 0 Å². The molecule has 0 fully saturated rings. The molecular weight excluding hydrogens is 544 g/mol. The molecule has 1 atom stereocenters. The SMILES string of the molecule is CCCCCCCCOC(=O)CCCCCCCC(CCO)CCCCCCCC(=O)CCc1ccc(CCCCC)cc1. The molecule has 1 N–H and O–H groups in total. The monoisotopic (exact) mass is 615 g/mol. The topological polar surface area (TPSA) is 63.6 Å². The summed E-state index contributed by atoms with van der Waals surface area (Å²) in [6.07, 6.45) is 29.9. The van der Waals surface area contributed by atoms with Crippen LogP contribution in [0.5, 0.6) is 0 Å². The average molecular weight is 615 g/mol. The Kier molecular flexibility index (Phi) is 27.5.